The highest BCUT2D eigenvalue weighted by molar-refractivity contribution is 5.94. The van der Waals surface area contributed by atoms with Gasteiger partial charge in [-0.2, -0.15) is 0 Å². The summed E-state index contributed by atoms with van der Waals surface area (Å²) >= 11 is 0. The van der Waals surface area contributed by atoms with E-state index in [9.17, 15) is 4.79 Å². The topological polar surface area (TPSA) is 42.0 Å². The number of benzene rings is 3. The molecule has 30 heavy (non-hydrogen) atoms. The summed E-state index contributed by atoms with van der Waals surface area (Å²) < 4.78 is 11.2. The minimum Gasteiger partial charge on any atom is -0.497 e. The summed E-state index contributed by atoms with van der Waals surface area (Å²) in [7, 11) is 1.61. The first kappa shape index (κ1) is 20.0. The number of hydrogen-bond donors (Lipinski definition) is 0. The Labute approximate surface area is 177 Å². The summed E-state index contributed by atoms with van der Waals surface area (Å²) in [6, 6.07) is 25.3. The second-order valence-electron chi connectivity index (χ2n) is 7.36. The highest BCUT2D eigenvalue weighted by atomic mass is 16.5. The molecule has 0 atom stereocenters. The number of para-hydroxylation sites is 1. The van der Waals surface area contributed by atoms with Crippen LogP contribution in [0.2, 0.25) is 0 Å². The van der Waals surface area contributed by atoms with Crippen LogP contribution in [0.1, 0.15) is 15.9 Å². The van der Waals surface area contributed by atoms with Crippen molar-refractivity contribution in [1.82, 2.24) is 9.80 Å². The maximum atomic E-state index is 12.8. The first-order chi connectivity index (χ1) is 14.7. The zero-order valence-electron chi connectivity index (χ0n) is 17.2. The number of amides is 1. The van der Waals surface area contributed by atoms with E-state index < -0.39 is 0 Å². The van der Waals surface area contributed by atoms with Crippen LogP contribution in [0.5, 0.6) is 17.2 Å². The van der Waals surface area contributed by atoms with E-state index in [1.807, 2.05) is 65.6 Å². The molecule has 0 saturated carbocycles. The number of hydrogen-bond acceptors (Lipinski definition) is 4. The Balaban J connectivity index is 1.32. The Bertz CT molecular complexity index is 982. The smallest absolute Gasteiger partial charge is 0.254 e. The average Bonchev–Trinajstić information content (AvgIpc) is 2.80. The third-order valence-corrected chi connectivity index (χ3v) is 5.26. The van der Waals surface area contributed by atoms with E-state index in [0.717, 1.165) is 44.2 Å². The fourth-order valence-electron chi connectivity index (χ4n) is 3.64. The molecule has 0 spiro atoms. The van der Waals surface area contributed by atoms with Crippen LogP contribution in [0.4, 0.5) is 0 Å². The zero-order chi connectivity index (χ0) is 20.8. The van der Waals surface area contributed by atoms with Crippen LogP contribution in [0.3, 0.4) is 0 Å². The van der Waals surface area contributed by atoms with Crippen molar-refractivity contribution in [1.29, 1.82) is 0 Å². The van der Waals surface area contributed by atoms with Gasteiger partial charge in [0.25, 0.3) is 5.91 Å². The number of nitrogens with zero attached hydrogens (tertiary/aromatic N) is 2. The number of carbonyl (C=O) groups is 1. The molecule has 0 N–H and O–H groups in total. The van der Waals surface area contributed by atoms with Crippen LogP contribution in [0.15, 0.2) is 78.9 Å². The fourth-order valence-corrected chi connectivity index (χ4v) is 3.64. The van der Waals surface area contributed by atoms with E-state index >= 15 is 0 Å². The molecule has 3 aromatic rings. The summed E-state index contributed by atoms with van der Waals surface area (Å²) in [5.41, 5.74) is 1.88. The van der Waals surface area contributed by atoms with E-state index in [0.29, 0.717) is 11.3 Å². The quantitative estimate of drug-likeness (QED) is 0.611. The molecule has 4 rings (SSSR count). The van der Waals surface area contributed by atoms with E-state index in [1.165, 1.54) is 5.56 Å². The minimum absolute atomic E-state index is 0.0619. The van der Waals surface area contributed by atoms with Gasteiger partial charge in [0.1, 0.15) is 17.2 Å². The van der Waals surface area contributed by atoms with Crippen molar-refractivity contribution < 1.29 is 14.3 Å². The maximum absolute atomic E-state index is 12.8. The summed E-state index contributed by atoms with van der Waals surface area (Å²) in [4.78, 5) is 17.1. The molecular weight excluding hydrogens is 376 g/mol. The molecule has 1 heterocycles. The lowest BCUT2D eigenvalue weighted by atomic mass is 10.1. The van der Waals surface area contributed by atoms with Crippen LogP contribution in [0.25, 0.3) is 0 Å². The van der Waals surface area contributed by atoms with Crippen molar-refractivity contribution in [2.45, 2.75) is 6.54 Å². The molecular formula is C25H26N2O3. The first-order valence-corrected chi connectivity index (χ1v) is 10.2. The number of methoxy groups -OCH3 is 1. The van der Waals surface area contributed by atoms with Gasteiger partial charge in [-0.15, -0.1) is 0 Å². The first-order valence-electron chi connectivity index (χ1n) is 10.2. The lowest BCUT2D eigenvalue weighted by molar-refractivity contribution is 0.0628. The molecule has 0 unspecified atom stereocenters. The molecule has 0 aliphatic carbocycles. The predicted molar refractivity (Wildman–Crippen MR) is 117 cm³/mol. The Morgan fingerprint density at radius 2 is 1.50 bits per heavy atom. The van der Waals surface area contributed by atoms with Gasteiger partial charge in [-0.3, -0.25) is 9.69 Å². The summed E-state index contributed by atoms with van der Waals surface area (Å²) in [6.07, 6.45) is 0. The van der Waals surface area contributed by atoms with Crippen LogP contribution >= 0.6 is 0 Å². The number of carbonyl (C=O) groups excluding carboxylic acids is 1. The monoisotopic (exact) mass is 402 g/mol. The van der Waals surface area contributed by atoms with Crippen LogP contribution in [-0.2, 0) is 6.54 Å². The lowest BCUT2D eigenvalue weighted by Crippen LogP contribution is -2.48. The van der Waals surface area contributed by atoms with Gasteiger partial charge >= 0.3 is 0 Å². The molecule has 5 nitrogen and oxygen atoms in total. The Kier molecular flexibility index (Phi) is 6.30. The standard InChI is InChI=1S/C25H26N2O3/c1-29-23-11-6-8-21(18-23)25(28)27-15-13-26(14-16-27)19-20-7-5-12-24(17-20)30-22-9-3-2-4-10-22/h2-12,17-18H,13-16,19H2,1H3. The molecule has 1 aliphatic rings. The SMILES string of the molecule is COc1cccc(C(=O)N2CCN(Cc3cccc(Oc4ccccc4)c3)CC2)c1. The highest BCUT2D eigenvalue weighted by Crippen LogP contribution is 2.23. The van der Waals surface area contributed by atoms with Gasteiger partial charge in [0.15, 0.2) is 0 Å². The summed E-state index contributed by atoms with van der Waals surface area (Å²) in [6.45, 7) is 3.97. The highest BCUT2D eigenvalue weighted by Gasteiger charge is 2.22. The van der Waals surface area contributed by atoms with Crippen molar-refractivity contribution in [3.8, 4) is 17.2 Å². The predicted octanol–water partition coefficient (Wildman–Crippen LogP) is 4.45. The normalized spacial score (nSPS) is 14.4. The van der Waals surface area contributed by atoms with Gasteiger partial charge < -0.3 is 14.4 Å². The van der Waals surface area contributed by atoms with Gasteiger partial charge in [0, 0.05) is 38.3 Å². The molecule has 1 fully saturated rings. The van der Waals surface area contributed by atoms with Crippen LogP contribution < -0.4 is 9.47 Å². The number of piperazine rings is 1. The lowest BCUT2D eigenvalue weighted by Gasteiger charge is -2.34. The minimum atomic E-state index is 0.0619. The van der Waals surface area contributed by atoms with Crippen molar-refractivity contribution in [2.24, 2.45) is 0 Å². The van der Waals surface area contributed by atoms with Gasteiger partial charge in [0.2, 0.25) is 0 Å². The van der Waals surface area contributed by atoms with Crippen molar-refractivity contribution in [3.63, 3.8) is 0 Å². The van der Waals surface area contributed by atoms with Gasteiger partial charge in [-0.05, 0) is 48.0 Å². The fraction of sp³-hybridized carbons (Fsp3) is 0.240. The molecule has 5 heteroatoms. The van der Waals surface area contributed by atoms with E-state index in [4.69, 9.17) is 9.47 Å². The Morgan fingerprint density at radius 3 is 2.27 bits per heavy atom. The van der Waals surface area contributed by atoms with Gasteiger partial charge in [-0.1, -0.05) is 36.4 Å². The van der Waals surface area contributed by atoms with E-state index in [2.05, 4.69) is 17.0 Å². The zero-order valence-corrected chi connectivity index (χ0v) is 17.2. The Morgan fingerprint density at radius 1 is 0.800 bits per heavy atom. The average molecular weight is 402 g/mol. The van der Waals surface area contributed by atoms with E-state index in [-0.39, 0.29) is 5.91 Å². The number of rotatable bonds is 6. The van der Waals surface area contributed by atoms with Crippen molar-refractivity contribution >= 4 is 5.91 Å². The summed E-state index contributed by atoms with van der Waals surface area (Å²) in [5, 5.41) is 0. The molecule has 0 bridgehead atoms. The largest absolute Gasteiger partial charge is 0.497 e. The van der Waals surface area contributed by atoms with Crippen LogP contribution in [0, 0.1) is 0 Å². The number of ether oxygens (including phenoxy) is 2. The molecule has 0 radical (unpaired) electrons. The van der Waals surface area contributed by atoms with Gasteiger partial charge in [0.05, 0.1) is 7.11 Å². The van der Waals surface area contributed by atoms with Crippen LogP contribution in [-0.4, -0.2) is 49.0 Å². The summed E-state index contributed by atoms with van der Waals surface area (Å²) in [5.74, 6) is 2.44. The van der Waals surface area contributed by atoms with E-state index in [1.54, 1.807) is 13.2 Å². The second-order valence-corrected chi connectivity index (χ2v) is 7.36. The maximum Gasteiger partial charge on any atom is 0.254 e. The third kappa shape index (κ3) is 4.99. The molecule has 0 aromatic heterocycles. The van der Waals surface area contributed by atoms with Gasteiger partial charge in [-0.25, -0.2) is 0 Å². The molecule has 154 valence electrons. The third-order valence-electron chi connectivity index (χ3n) is 5.26. The van der Waals surface area contributed by atoms with Crippen molar-refractivity contribution in [2.75, 3.05) is 33.3 Å². The Hall–Kier alpha value is -3.31. The molecule has 1 saturated heterocycles. The molecule has 1 aliphatic heterocycles. The molecule has 3 aromatic carbocycles. The van der Waals surface area contributed by atoms with Crippen molar-refractivity contribution in [3.05, 3.63) is 90.0 Å². The molecule has 1 amide bonds. The second kappa shape index (κ2) is 9.46.